The van der Waals surface area contributed by atoms with E-state index >= 15 is 0 Å². The summed E-state index contributed by atoms with van der Waals surface area (Å²) in [6.45, 7) is 4.81. The molecule has 14 aromatic rings. The second-order valence-corrected chi connectivity index (χ2v) is 20.4. The van der Waals surface area contributed by atoms with Gasteiger partial charge in [-0.3, -0.25) is 0 Å². The van der Waals surface area contributed by atoms with Crippen molar-refractivity contribution in [3.05, 3.63) is 266 Å². The van der Waals surface area contributed by atoms with Crippen molar-refractivity contribution in [1.82, 2.24) is 9.13 Å². The molecule has 0 spiro atoms. The summed E-state index contributed by atoms with van der Waals surface area (Å²) in [4.78, 5) is 0. The second kappa shape index (κ2) is 15.9. The van der Waals surface area contributed by atoms with E-state index in [1.807, 2.05) is 0 Å². The van der Waals surface area contributed by atoms with E-state index in [0.29, 0.717) is 0 Å². The normalized spacial score (nSPS) is 12.9. The lowest BCUT2D eigenvalue weighted by atomic mass is 9.80. The molecule has 0 unspecified atom stereocenters. The first kappa shape index (κ1) is 41.5. The molecule has 0 saturated heterocycles. The Morgan fingerprint density at radius 1 is 0.233 bits per heavy atom. The molecule has 0 amide bonds. The predicted molar refractivity (Wildman–Crippen MR) is 309 cm³/mol. The molecular weight excluding hydrogens is 881 g/mol. The third-order valence-electron chi connectivity index (χ3n) is 16.1. The molecule has 1 aliphatic rings. The smallest absolute Gasteiger partial charge is 0.0541 e. The SMILES string of the molecule is CC1(C)c2cc(-c3ccc(-c4ccc5c(c4)c4ccccc4n5-c4ccccc4)c4ccccc34)ccc2-c2ccc(-c3ccc(-c4ccc5c(c4)c4ccccc4n5-c4ccccc4)c4ccccc34)cc21. The van der Waals surface area contributed by atoms with E-state index in [1.165, 1.54) is 143 Å². The average Bonchev–Trinajstić information content (AvgIpc) is 4.04. The van der Waals surface area contributed by atoms with Crippen molar-refractivity contribution in [2.75, 3.05) is 0 Å². The Morgan fingerprint density at radius 2 is 0.521 bits per heavy atom. The van der Waals surface area contributed by atoms with Crippen LogP contribution in [-0.4, -0.2) is 9.13 Å². The van der Waals surface area contributed by atoms with Crippen molar-refractivity contribution in [2.45, 2.75) is 19.3 Å². The molecule has 2 heteroatoms. The summed E-state index contributed by atoms with van der Waals surface area (Å²) in [5.74, 6) is 0. The molecule has 0 saturated carbocycles. The Balaban J connectivity index is 0.788. The standard InChI is InChI=1S/C71H48N2/c1-71(2)65-43-47(53-37-35-51(55-21-9-11-23-57(53)55)45-31-39-69-63(41-45)61-25-13-15-27-67(61)72(69)49-17-5-3-6-18-49)29-33-59(65)60-34-30-48(44-66(60)71)54-38-36-52(56-22-10-12-24-58(54)56)46-32-40-70-64(42-46)62-26-14-16-28-68(62)73(70)50-19-7-4-8-20-50/h3-44H,1-2H3. The van der Waals surface area contributed by atoms with Gasteiger partial charge in [0.25, 0.3) is 0 Å². The zero-order valence-electron chi connectivity index (χ0n) is 40.6. The summed E-state index contributed by atoms with van der Waals surface area (Å²) >= 11 is 0. The molecular formula is C71H48N2. The van der Waals surface area contributed by atoms with Crippen LogP contribution in [0.4, 0.5) is 0 Å². The molecule has 2 aromatic heterocycles. The van der Waals surface area contributed by atoms with Crippen LogP contribution >= 0.6 is 0 Å². The quantitative estimate of drug-likeness (QED) is 0.157. The first-order chi connectivity index (χ1) is 36.0. The van der Waals surface area contributed by atoms with Gasteiger partial charge in [0.15, 0.2) is 0 Å². The minimum absolute atomic E-state index is 0.204. The maximum Gasteiger partial charge on any atom is 0.0541 e. The van der Waals surface area contributed by atoms with E-state index in [0.717, 1.165) is 0 Å². The lowest BCUT2D eigenvalue weighted by Gasteiger charge is -2.23. The van der Waals surface area contributed by atoms with Crippen molar-refractivity contribution in [2.24, 2.45) is 0 Å². The molecule has 0 radical (unpaired) electrons. The molecule has 12 aromatic carbocycles. The predicted octanol–water partition coefficient (Wildman–Crippen LogP) is 19.2. The maximum atomic E-state index is 2.47. The van der Waals surface area contributed by atoms with Gasteiger partial charge in [-0.1, -0.05) is 196 Å². The molecule has 0 bridgehead atoms. The van der Waals surface area contributed by atoms with E-state index in [-0.39, 0.29) is 5.41 Å². The number of rotatable bonds is 6. The molecule has 0 atom stereocenters. The van der Waals surface area contributed by atoms with Gasteiger partial charge < -0.3 is 9.13 Å². The Hall–Kier alpha value is -9.24. The largest absolute Gasteiger partial charge is 0.309 e. The van der Waals surface area contributed by atoms with Crippen molar-refractivity contribution in [3.63, 3.8) is 0 Å². The fraction of sp³-hybridized carbons (Fsp3) is 0.0423. The molecule has 0 fully saturated rings. The van der Waals surface area contributed by atoms with E-state index < -0.39 is 0 Å². The van der Waals surface area contributed by atoms with Crippen LogP contribution in [0.25, 0.3) is 132 Å². The first-order valence-electron chi connectivity index (χ1n) is 25.5. The highest BCUT2D eigenvalue weighted by molar-refractivity contribution is 6.14. The van der Waals surface area contributed by atoms with Crippen LogP contribution in [0.15, 0.2) is 255 Å². The van der Waals surface area contributed by atoms with Crippen LogP contribution in [0.1, 0.15) is 25.0 Å². The number of nitrogens with zero attached hydrogens (tertiary/aromatic N) is 2. The Labute approximate surface area is 424 Å². The summed E-state index contributed by atoms with van der Waals surface area (Å²) in [7, 11) is 0. The summed E-state index contributed by atoms with van der Waals surface area (Å²) < 4.78 is 4.77. The van der Waals surface area contributed by atoms with Crippen LogP contribution < -0.4 is 0 Å². The number of benzene rings is 12. The van der Waals surface area contributed by atoms with Gasteiger partial charge in [-0.05, 0) is 161 Å². The number of para-hydroxylation sites is 4. The molecule has 2 nitrogen and oxygen atoms in total. The van der Waals surface area contributed by atoms with Gasteiger partial charge in [-0.15, -0.1) is 0 Å². The summed E-state index contributed by atoms with van der Waals surface area (Å²) in [5.41, 5.74) is 22.3. The van der Waals surface area contributed by atoms with Gasteiger partial charge in [0.2, 0.25) is 0 Å². The van der Waals surface area contributed by atoms with E-state index in [2.05, 4.69) is 278 Å². The molecule has 1 aliphatic carbocycles. The van der Waals surface area contributed by atoms with Gasteiger partial charge in [-0.25, -0.2) is 0 Å². The fourth-order valence-electron chi connectivity index (χ4n) is 12.7. The molecule has 15 rings (SSSR count). The third kappa shape index (κ3) is 6.24. The third-order valence-corrected chi connectivity index (χ3v) is 16.1. The van der Waals surface area contributed by atoms with Gasteiger partial charge in [-0.2, -0.15) is 0 Å². The molecule has 342 valence electrons. The monoisotopic (exact) mass is 928 g/mol. The van der Waals surface area contributed by atoms with E-state index in [4.69, 9.17) is 0 Å². The lowest BCUT2D eigenvalue weighted by Crippen LogP contribution is -2.15. The average molecular weight is 929 g/mol. The molecule has 0 N–H and O–H groups in total. The molecule has 0 aliphatic heterocycles. The topological polar surface area (TPSA) is 9.86 Å². The molecule has 2 heterocycles. The highest BCUT2D eigenvalue weighted by Crippen LogP contribution is 2.52. The van der Waals surface area contributed by atoms with Gasteiger partial charge in [0, 0.05) is 38.3 Å². The Morgan fingerprint density at radius 3 is 0.904 bits per heavy atom. The minimum Gasteiger partial charge on any atom is -0.309 e. The van der Waals surface area contributed by atoms with E-state index in [1.54, 1.807) is 0 Å². The van der Waals surface area contributed by atoms with Gasteiger partial charge in [0.1, 0.15) is 0 Å². The van der Waals surface area contributed by atoms with Crippen LogP contribution in [0, 0.1) is 0 Å². The van der Waals surface area contributed by atoms with Crippen LogP contribution in [0.3, 0.4) is 0 Å². The van der Waals surface area contributed by atoms with Crippen LogP contribution in [-0.2, 0) is 5.41 Å². The number of fused-ring (bicyclic) bond motifs is 11. The van der Waals surface area contributed by atoms with Crippen LogP contribution in [0.5, 0.6) is 0 Å². The van der Waals surface area contributed by atoms with Crippen molar-refractivity contribution >= 4 is 65.2 Å². The van der Waals surface area contributed by atoms with Crippen LogP contribution in [0.2, 0.25) is 0 Å². The summed E-state index contributed by atoms with van der Waals surface area (Å²) in [6, 6.07) is 94.6. The van der Waals surface area contributed by atoms with E-state index in [9.17, 15) is 0 Å². The first-order valence-corrected chi connectivity index (χ1v) is 25.5. The Kier molecular flexibility index (Phi) is 9.04. The highest BCUT2D eigenvalue weighted by Gasteiger charge is 2.36. The summed E-state index contributed by atoms with van der Waals surface area (Å²) in [5, 5.41) is 10.1. The fourth-order valence-corrected chi connectivity index (χ4v) is 12.7. The van der Waals surface area contributed by atoms with Crippen molar-refractivity contribution in [1.29, 1.82) is 0 Å². The zero-order valence-corrected chi connectivity index (χ0v) is 40.6. The molecule has 73 heavy (non-hydrogen) atoms. The lowest BCUT2D eigenvalue weighted by molar-refractivity contribution is 0.661. The zero-order chi connectivity index (χ0) is 48.4. The number of aromatic nitrogens is 2. The number of hydrogen-bond acceptors (Lipinski definition) is 0. The number of hydrogen-bond donors (Lipinski definition) is 0. The highest BCUT2D eigenvalue weighted by atomic mass is 15.0. The maximum absolute atomic E-state index is 2.47. The van der Waals surface area contributed by atoms with Crippen molar-refractivity contribution in [3.8, 4) is 67.0 Å². The second-order valence-electron chi connectivity index (χ2n) is 20.4. The van der Waals surface area contributed by atoms with Gasteiger partial charge >= 0.3 is 0 Å². The minimum atomic E-state index is -0.204. The van der Waals surface area contributed by atoms with Crippen molar-refractivity contribution < 1.29 is 0 Å². The van der Waals surface area contributed by atoms with Gasteiger partial charge in [0.05, 0.1) is 22.1 Å². The summed E-state index contributed by atoms with van der Waals surface area (Å²) in [6.07, 6.45) is 0. The Bertz CT molecular complexity index is 4270.